The third-order valence-corrected chi connectivity index (χ3v) is 6.59. The van der Waals surface area contributed by atoms with Crippen molar-refractivity contribution in [3.63, 3.8) is 0 Å². The maximum atomic E-state index is 13.1. The second-order valence-corrected chi connectivity index (χ2v) is 8.49. The molecule has 0 unspecified atom stereocenters. The molecular formula is C20H27BrN2O3. The molecule has 5 nitrogen and oxygen atoms in total. The van der Waals surface area contributed by atoms with Crippen molar-refractivity contribution in [2.75, 3.05) is 33.4 Å². The predicted molar refractivity (Wildman–Crippen MR) is 103 cm³/mol. The summed E-state index contributed by atoms with van der Waals surface area (Å²) < 4.78 is 13.3. The quantitative estimate of drug-likeness (QED) is 0.749. The molecule has 142 valence electrons. The average Bonchev–Trinajstić information content (AvgIpc) is 3.34. The minimum atomic E-state index is -0.540. The Labute approximate surface area is 163 Å². The number of likely N-dealkylation sites (tertiary alicyclic amines) is 1. The Morgan fingerprint density at radius 1 is 1.15 bits per heavy atom. The van der Waals surface area contributed by atoms with Gasteiger partial charge in [0.2, 0.25) is 0 Å². The molecule has 2 saturated heterocycles. The lowest BCUT2D eigenvalue weighted by atomic mass is 9.82. The first-order valence-electron chi connectivity index (χ1n) is 9.65. The number of carbonyl (C=O) groups excluding carboxylic acids is 1. The Balaban J connectivity index is 1.61. The van der Waals surface area contributed by atoms with Crippen LogP contribution in [0.25, 0.3) is 0 Å². The van der Waals surface area contributed by atoms with E-state index in [2.05, 4.69) is 20.8 Å². The molecule has 2 atom stereocenters. The fraction of sp³-hybridized carbons (Fsp3) is 0.650. The van der Waals surface area contributed by atoms with Crippen LogP contribution in [0.4, 0.5) is 0 Å². The van der Waals surface area contributed by atoms with Gasteiger partial charge >= 0.3 is 0 Å². The molecule has 0 bridgehead atoms. The van der Waals surface area contributed by atoms with E-state index < -0.39 is 5.79 Å². The van der Waals surface area contributed by atoms with E-state index in [-0.39, 0.29) is 18.0 Å². The van der Waals surface area contributed by atoms with Crippen molar-refractivity contribution in [2.24, 2.45) is 0 Å². The van der Waals surface area contributed by atoms with Crippen LogP contribution in [0.3, 0.4) is 0 Å². The van der Waals surface area contributed by atoms with Gasteiger partial charge in [-0.25, -0.2) is 0 Å². The van der Waals surface area contributed by atoms with Crippen molar-refractivity contribution in [2.45, 2.75) is 50.0 Å². The van der Waals surface area contributed by atoms with Crippen molar-refractivity contribution >= 4 is 21.8 Å². The Kier molecular flexibility index (Phi) is 5.37. The van der Waals surface area contributed by atoms with Crippen LogP contribution in [0.15, 0.2) is 28.7 Å². The summed E-state index contributed by atoms with van der Waals surface area (Å²) in [6, 6.07) is 7.83. The zero-order valence-corrected chi connectivity index (χ0v) is 16.9. The van der Waals surface area contributed by atoms with Gasteiger partial charge in [-0.05, 0) is 63.0 Å². The lowest BCUT2D eigenvalue weighted by Gasteiger charge is -2.50. The molecule has 1 amide bonds. The van der Waals surface area contributed by atoms with Crippen LogP contribution in [-0.2, 0) is 9.47 Å². The fourth-order valence-electron chi connectivity index (χ4n) is 4.84. The summed E-state index contributed by atoms with van der Waals surface area (Å²) in [5.41, 5.74) is 0.726. The van der Waals surface area contributed by atoms with E-state index in [1.165, 1.54) is 12.8 Å². The molecule has 3 aliphatic rings. The van der Waals surface area contributed by atoms with E-state index in [1.54, 1.807) is 0 Å². The van der Waals surface area contributed by atoms with Gasteiger partial charge < -0.3 is 14.4 Å². The normalized spacial score (nSPS) is 28.5. The molecule has 0 aromatic heterocycles. The van der Waals surface area contributed by atoms with Crippen LogP contribution < -0.4 is 0 Å². The smallest absolute Gasteiger partial charge is 0.253 e. The Bertz CT molecular complexity index is 639. The van der Waals surface area contributed by atoms with E-state index >= 15 is 0 Å². The SMILES string of the molecule is CN(C(=O)c1ccc(Br)cc1)[C@H]1CCCC2(OCCO2)[C@@H]1N1CCCC1. The standard InChI is InChI=1S/C20H27BrN2O3/c1-22(19(24)15-6-8-16(21)9-7-15)17-5-4-10-20(25-13-14-26-20)18(17)23-11-2-3-12-23/h6-9,17-18H,2-5,10-14H2,1H3/t17-,18+/m0/s1. The summed E-state index contributed by atoms with van der Waals surface area (Å²) in [5, 5.41) is 0. The molecule has 1 saturated carbocycles. The topological polar surface area (TPSA) is 42.0 Å². The molecular weight excluding hydrogens is 396 g/mol. The van der Waals surface area contributed by atoms with Crippen molar-refractivity contribution in [3.8, 4) is 0 Å². The van der Waals surface area contributed by atoms with Crippen LogP contribution >= 0.6 is 15.9 Å². The fourth-order valence-corrected chi connectivity index (χ4v) is 5.10. The molecule has 0 N–H and O–H groups in total. The number of rotatable bonds is 3. The highest BCUT2D eigenvalue weighted by molar-refractivity contribution is 9.10. The van der Waals surface area contributed by atoms with E-state index in [9.17, 15) is 4.79 Å². The highest BCUT2D eigenvalue weighted by atomic mass is 79.9. The lowest BCUT2D eigenvalue weighted by molar-refractivity contribution is -0.228. The highest BCUT2D eigenvalue weighted by Crippen LogP contribution is 2.41. The number of ether oxygens (including phenoxy) is 2. The minimum Gasteiger partial charge on any atom is -0.346 e. The number of hydrogen-bond donors (Lipinski definition) is 0. The lowest BCUT2D eigenvalue weighted by Crippen LogP contribution is -2.65. The van der Waals surface area contributed by atoms with Crippen LogP contribution in [0, 0.1) is 0 Å². The highest BCUT2D eigenvalue weighted by Gasteiger charge is 2.54. The van der Waals surface area contributed by atoms with Gasteiger partial charge in [-0.2, -0.15) is 0 Å². The molecule has 0 radical (unpaired) electrons. The van der Waals surface area contributed by atoms with Gasteiger partial charge in [0.05, 0.1) is 25.3 Å². The maximum Gasteiger partial charge on any atom is 0.253 e. The zero-order chi connectivity index (χ0) is 18.1. The number of amides is 1. The molecule has 1 aromatic carbocycles. The summed E-state index contributed by atoms with van der Waals surface area (Å²) >= 11 is 3.44. The van der Waals surface area contributed by atoms with Crippen molar-refractivity contribution in [1.82, 2.24) is 9.80 Å². The van der Waals surface area contributed by atoms with Gasteiger partial charge in [-0.3, -0.25) is 9.69 Å². The van der Waals surface area contributed by atoms with Crippen LogP contribution in [0.5, 0.6) is 0 Å². The summed E-state index contributed by atoms with van der Waals surface area (Å²) in [5.74, 6) is -0.469. The number of benzene rings is 1. The molecule has 6 heteroatoms. The zero-order valence-electron chi connectivity index (χ0n) is 15.3. The van der Waals surface area contributed by atoms with Crippen LogP contribution in [0.1, 0.15) is 42.5 Å². The van der Waals surface area contributed by atoms with Crippen molar-refractivity contribution in [1.29, 1.82) is 0 Å². The van der Waals surface area contributed by atoms with Gasteiger partial charge in [-0.15, -0.1) is 0 Å². The summed E-state index contributed by atoms with van der Waals surface area (Å²) in [6.45, 7) is 3.44. The average molecular weight is 423 g/mol. The van der Waals surface area contributed by atoms with Crippen LogP contribution in [0.2, 0.25) is 0 Å². The molecule has 26 heavy (non-hydrogen) atoms. The maximum absolute atomic E-state index is 13.1. The van der Waals surface area contributed by atoms with Gasteiger partial charge in [0.15, 0.2) is 5.79 Å². The summed E-state index contributed by atoms with van der Waals surface area (Å²) in [4.78, 5) is 17.6. The number of halogens is 1. The third-order valence-electron chi connectivity index (χ3n) is 6.06. The first-order chi connectivity index (χ1) is 12.6. The Morgan fingerprint density at radius 2 is 1.81 bits per heavy atom. The molecule has 1 aromatic rings. The monoisotopic (exact) mass is 422 g/mol. The number of likely N-dealkylation sites (N-methyl/N-ethyl adjacent to an activating group) is 1. The van der Waals surface area contributed by atoms with E-state index in [0.717, 1.165) is 42.4 Å². The van der Waals surface area contributed by atoms with E-state index in [0.29, 0.717) is 13.2 Å². The summed E-state index contributed by atoms with van der Waals surface area (Å²) in [7, 11) is 1.94. The van der Waals surface area contributed by atoms with E-state index in [4.69, 9.17) is 9.47 Å². The first-order valence-corrected chi connectivity index (χ1v) is 10.4. The molecule has 3 fully saturated rings. The largest absolute Gasteiger partial charge is 0.346 e. The van der Waals surface area contributed by atoms with Gasteiger partial charge in [0.25, 0.3) is 5.91 Å². The molecule has 2 heterocycles. The first kappa shape index (κ1) is 18.4. The summed E-state index contributed by atoms with van der Waals surface area (Å²) in [6.07, 6.45) is 5.36. The Morgan fingerprint density at radius 3 is 2.46 bits per heavy atom. The van der Waals surface area contributed by atoms with Crippen molar-refractivity contribution < 1.29 is 14.3 Å². The second kappa shape index (κ2) is 7.58. The van der Waals surface area contributed by atoms with Gasteiger partial charge in [0, 0.05) is 23.5 Å². The second-order valence-electron chi connectivity index (χ2n) is 7.58. The van der Waals surface area contributed by atoms with Crippen molar-refractivity contribution in [3.05, 3.63) is 34.3 Å². The van der Waals surface area contributed by atoms with Gasteiger partial charge in [0.1, 0.15) is 0 Å². The Hall–Kier alpha value is -0.950. The molecule has 1 aliphatic carbocycles. The molecule has 4 rings (SSSR count). The molecule has 1 spiro atoms. The molecule has 2 aliphatic heterocycles. The minimum absolute atomic E-state index is 0.0711. The van der Waals surface area contributed by atoms with Gasteiger partial charge in [-0.1, -0.05) is 15.9 Å². The van der Waals surface area contributed by atoms with E-state index in [1.807, 2.05) is 36.2 Å². The predicted octanol–water partition coefficient (Wildman–Crippen LogP) is 3.28. The third kappa shape index (κ3) is 3.33. The number of nitrogens with zero attached hydrogens (tertiary/aromatic N) is 2. The number of hydrogen-bond acceptors (Lipinski definition) is 4. The van der Waals surface area contributed by atoms with Crippen LogP contribution in [-0.4, -0.2) is 66.9 Å². The number of carbonyl (C=O) groups is 1.